The number of aromatic nitrogens is 2. The topological polar surface area (TPSA) is 105 Å². The summed E-state index contributed by atoms with van der Waals surface area (Å²) in [6, 6.07) is 7.66. The Labute approximate surface area is 196 Å². The van der Waals surface area contributed by atoms with Gasteiger partial charge in [-0.15, -0.1) is 0 Å². The normalized spacial score (nSPS) is 16.4. The summed E-state index contributed by atoms with van der Waals surface area (Å²) in [5.41, 5.74) is 2.16. The van der Waals surface area contributed by atoms with Crippen molar-refractivity contribution in [2.24, 2.45) is 0 Å². The van der Waals surface area contributed by atoms with Crippen molar-refractivity contribution in [1.29, 1.82) is 0 Å². The third kappa shape index (κ3) is 5.00. The molecule has 1 saturated heterocycles. The standard InChI is InChI=1S/C22H25ClN6O4/c1-2-33-22(30)28-13-11-27(12-14-28)21-19(29(31)32)20(24-15-25-21)26-9-7-17(8-10-26)16-3-5-18(23)6-4-16/h3-7,15H,2,8-14H2,1H3. The van der Waals surface area contributed by atoms with Crippen LogP contribution in [0.4, 0.5) is 22.1 Å². The van der Waals surface area contributed by atoms with Crippen LogP contribution >= 0.6 is 11.6 Å². The van der Waals surface area contributed by atoms with E-state index in [1.165, 1.54) is 11.9 Å². The van der Waals surface area contributed by atoms with E-state index >= 15 is 0 Å². The predicted octanol–water partition coefficient (Wildman–Crippen LogP) is 3.61. The Morgan fingerprint density at radius 2 is 1.76 bits per heavy atom. The highest BCUT2D eigenvalue weighted by Gasteiger charge is 2.33. The molecular formula is C22H25ClN6O4. The van der Waals surface area contributed by atoms with Gasteiger partial charge in [0.2, 0.25) is 11.6 Å². The fourth-order valence-corrected chi connectivity index (χ4v) is 4.22. The van der Waals surface area contributed by atoms with E-state index in [1.807, 2.05) is 34.1 Å². The molecule has 0 unspecified atom stereocenters. The van der Waals surface area contributed by atoms with Crippen molar-refractivity contribution in [3.8, 4) is 0 Å². The van der Waals surface area contributed by atoms with Crippen LogP contribution in [0.15, 0.2) is 36.7 Å². The van der Waals surface area contributed by atoms with Gasteiger partial charge in [-0.1, -0.05) is 29.8 Å². The van der Waals surface area contributed by atoms with Gasteiger partial charge in [-0.05, 0) is 36.6 Å². The van der Waals surface area contributed by atoms with Crippen molar-refractivity contribution in [3.63, 3.8) is 0 Å². The first-order chi connectivity index (χ1) is 16.0. The largest absolute Gasteiger partial charge is 0.450 e. The zero-order valence-corrected chi connectivity index (χ0v) is 19.1. The second kappa shape index (κ2) is 10.0. The molecule has 3 heterocycles. The average molecular weight is 473 g/mol. The molecule has 1 fully saturated rings. The second-order valence-electron chi connectivity index (χ2n) is 7.73. The van der Waals surface area contributed by atoms with E-state index in [-0.39, 0.29) is 17.6 Å². The van der Waals surface area contributed by atoms with E-state index in [9.17, 15) is 14.9 Å². The van der Waals surface area contributed by atoms with Gasteiger partial charge in [0.1, 0.15) is 6.33 Å². The van der Waals surface area contributed by atoms with Crippen LogP contribution in [-0.2, 0) is 4.74 Å². The van der Waals surface area contributed by atoms with Crippen LogP contribution in [-0.4, -0.2) is 71.8 Å². The lowest BCUT2D eigenvalue weighted by Crippen LogP contribution is -2.49. The molecule has 1 aromatic carbocycles. The molecule has 2 aliphatic heterocycles. The maximum Gasteiger partial charge on any atom is 0.409 e. The van der Waals surface area contributed by atoms with Crippen LogP contribution in [0, 0.1) is 10.1 Å². The summed E-state index contributed by atoms with van der Waals surface area (Å²) in [4.78, 5) is 37.4. The highest BCUT2D eigenvalue weighted by atomic mass is 35.5. The maximum absolute atomic E-state index is 12.1. The summed E-state index contributed by atoms with van der Waals surface area (Å²) >= 11 is 5.98. The van der Waals surface area contributed by atoms with Crippen LogP contribution in [0.5, 0.6) is 0 Å². The Kier molecular flexibility index (Phi) is 6.93. The van der Waals surface area contributed by atoms with Gasteiger partial charge in [0, 0.05) is 44.3 Å². The molecular weight excluding hydrogens is 448 g/mol. The van der Waals surface area contributed by atoms with Crippen molar-refractivity contribution in [1.82, 2.24) is 14.9 Å². The Hall–Kier alpha value is -3.40. The minimum Gasteiger partial charge on any atom is -0.450 e. The molecule has 2 aromatic rings. The molecule has 0 bridgehead atoms. The van der Waals surface area contributed by atoms with Crippen LogP contribution in [0.2, 0.25) is 5.02 Å². The summed E-state index contributed by atoms with van der Waals surface area (Å²) in [6.45, 7) is 4.85. The van der Waals surface area contributed by atoms with Gasteiger partial charge in [0.25, 0.3) is 0 Å². The Morgan fingerprint density at radius 1 is 1.09 bits per heavy atom. The summed E-state index contributed by atoms with van der Waals surface area (Å²) in [7, 11) is 0. The summed E-state index contributed by atoms with van der Waals surface area (Å²) in [5, 5.41) is 12.7. The van der Waals surface area contributed by atoms with Crippen LogP contribution in [0.3, 0.4) is 0 Å². The van der Waals surface area contributed by atoms with E-state index < -0.39 is 4.92 Å². The molecule has 0 N–H and O–H groups in total. The number of anilines is 2. The molecule has 1 amide bonds. The number of carbonyl (C=O) groups is 1. The van der Waals surface area contributed by atoms with Crippen molar-refractivity contribution < 1.29 is 14.5 Å². The number of piperazine rings is 1. The number of rotatable bonds is 5. The van der Waals surface area contributed by atoms with Gasteiger partial charge in [-0.3, -0.25) is 10.1 Å². The Balaban J connectivity index is 1.52. The number of ether oxygens (including phenoxy) is 1. The molecule has 2 aliphatic rings. The summed E-state index contributed by atoms with van der Waals surface area (Å²) in [5.74, 6) is 0.588. The van der Waals surface area contributed by atoms with E-state index in [0.29, 0.717) is 56.7 Å². The van der Waals surface area contributed by atoms with Gasteiger partial charge >= 0.3 is 11.8 Å². The van der Waals surface area contributed by atoms with E-state index in [0.717, 1.165) is 12.0 Å². The molecule has 0 atom stereocenters. The first-order valence-corrected chi connectivity index (χ1v) is 11.2. The minimum absolute atomic E-state index is 0.106. The minimum atomic E-state index is -0.416. The van der Waals surface area contributed by atoms with Gasteiger partial charge in [-0.25, -0.2) is 14.8 Å². The third-order valence-electron chi connectivity index (χ3n) is 5.80. The lowest BCUT2D eigenvalue weighted by Gasteiger charge is -2.35. The fourth-order valence-electron chi connectivity index (χ4n) is 4.09. The SMILES string of the molecule is CCOC(=O)N1CCN(c2ncnc(N3CC=C(c4ccc(Cl)cc4)CC3)c2[N+](=O)[O-])CC1. The van der Waals surface area contributed by atoms with Crippen LogP contribution in [0.25, 0.3) is 5.57 Å². The lowest BCUT2D eigenvalue weighted by atomic mass is 9.99. The second-order valence-corrected chi connectivity index (χ2v) is 8.17. The monoisotopic (exact) mass is 472 g/mol. The number of carbonyl (C=O) groups excluding carboxylic acids is 1. The number of hydrogen-bond donors (Lipinski definition) is 0. The quantitative estimate of drug-likeness (QED) is 0.480. The van der Waals surface area contributed by atoms with E-state index in [1.54, 1.807) is 11.8 Å². The van der Waals surface area contributed by atoms with E-state index in [4.69, 9.17) is 16.3 Å². The number of nitrogens with zero attached hydrogens (tertiary/aromatic N) is 6. The molecule has 0 saturated carbocycles. The maximum atomic E-state index is 12.1. The molecule has 10 nitrogen and oxygen atoms in total. The first kappa shape index (κ1) is 22.8. The van der Waals surface area contributed by atoms with Crippen molar-refractivity contribution in [2.75, 3.05) is 55.7 Å². The van der Waals surface area contributed by atoms with Gasteiger partial charge < -0.3 is 19.4 Å². The number of halogens is 1. The zero-order valence-electron chi connectivity index (χ0n) is 18.3. The van der Waals surface area contributed by atoms with Gasteiger partial charge in [0.15, 0.2) is 0 Å². The highest BCUT2D eigenvalue weighted by molar-refractivity contribution is 6.30. The van der Waals surface area contributed by atoms with Crippen LogP contribution < -0.4 is 9.80 Å². The number of amides is 1. The third-order valence-corrected chi connectivity index (χ3v) is 6.05. The first-order valence-electron chi connectivity index (χ1n) is 10.8. The Bertz CT molecular complexity index is 1050. The highest BCUT2D eigenvalue weighted by Crippen LogP contribution is 2.36. The number of hydrogen-bond acceptors (Lipinski definition) is 8. The summed E-state index contributed by atoms with van der Waals surface area (Å²) < 4.78 is 5.05. The molecule has 0 aliphatic carbocycles. The zero-order chi connectivity index (χ0) is 23.4. The molecule has 11 heteroatoms. The van der Waals surface area contributed by atoms with Crippen LogP contribution in [0.1, 0.15) is 18.9 Å². The fraction of sp³-hybridized carbons (Fsp3) is 0.409. The van der Waals surface area contributed by atoms with Crippen molar-refractivity contribution >= 4 is 40.6 Å². The molecule has 174 valence electrons. The van der Waals surface area contributed by atoms with Crippen molar-refractivity contribution in [3.05, 3.63) is 57.4 Å². The molecule has 0 radical (unpaired) electrons. The summed E-state index contributed by atoms with van der Waals surface area (Å²) in [6.07, 6.45) is 3.80. The van der Waals surface area contributed by atoms with Crippen molar-refractivity contribution in [2.45, 2.75) is 13.3 Å². The van der Waals surface area contributed by atoms with E-state index in [2.05, 4.69) is 16.0 Å². The molecule has 0 spiro atoms. The van der Waals surface area contributed by atoms with Gasteiger partial charge in [-0.2, -0.15) is 0 Å². The number of nitro groups is 1. The Morgan fingerprint density at radius 3 is 2.33 bits per heavy atom. The smallest absolute Gasteiger partial charge is 0.409 e. The molecule has 33 heavy (non-hydrogen) atoms. The lowest BCUT2D eigenvalue weighted by molar-refractivity contribution is -0.383. The number of benzene rings is 1. The molecule has 1 aromatic heterocycles. The predicted molar refractivity (Wildman–Crippen MR) is 126 cm³/mol. The van der Waals surface area contributed by atoms with Gasteiger partial charge in [0.05, 0.1) is 11.5 Å². The average Bonchev–Trinajstić information content (AvgIpc) is 2.84. The molecule has 4 rings (SSSR count).